The lowest BCUT2D eigenvalue weighted by molar-refractivity contribution is 0.000296. The summed E-state index contributed by atoms with van der Waals surface area (Å²) in [6.45, 7) is 5.46. The van der Waals surface area contributed by atoms with Crippen LogP contribution in [0.15, 0.2) is 0 Å². The van der Waals surface area contributed by atoms with Gasteiger partial charge in [0.25, 0.3) is 0 Å². The fourth-order valence-corrected chi connectivity index (χ4v) is 2.60. The summed E-state index contributed by atoms with van der Waals surface area (Å²) in [6, 6.07) is 0. The molecule has 0 fully saturated rings. The van der Waals surface area contributed by atoms with Crippen molar-refractivity contribution < 1.29 is 22.4 Å². The van der Waals surface area contributed by atoms with E-state index in [0.29, 0.717) is 0 Å². The number of rotatable bonds is 6. The Morgan fingerprint density at radius 2 is 1.57 bits per heavy atom. The molecule has 0 spiro atoms. The van der Waals surface area contributed by atoms with Gasteiger partial charge in [0.2, 0.25) is 0 Å². The molecule has 0 bridgehead atoms. The van der Waals surface area contributed by atoms with Gasteiger partial charge in [-0.15, -0.1) is 0 Å². The van der Waals surface area contributed by atoms with Crippen LogP contribution in [0.1, 0.15) is 27.7 Å². The van der Waals surface area contributed by atoms with Gasteiger partial charge in [0.05, 0.1) is 13.2 Å². The molecule has 0 aliphatic carbocycles. The minimum atomic E-state index is -4.31. The summed E-state index contributed by atoms with van der Waals surface area (Å²) < 4.78 is 47.8. The topological polar surface area (TPSA) is 35.5 Å². The monoisotopic (exact) mass is 230 g/mol. The first-order valence-corrected chi connectivity index (χ1v) is 6.13. The lowest BCUT2D eigenvalue weighted by atomic mass is 10.2. The normalized spacial score (nSPS) is 13.6. The Bertz CT molecular complexity index is 209. The summed E-state index contributed by atoms with van der Waals surface area (Å²) in [7, 11) is -4.31. The summed E-state index contributed by atoms with van der Waals surface area (Å²) in [5.41, 5.74) is -3.43. The van der Waals surface area contributed by atoms with Gasteiger partial charge < -0.3 is 9.05 Å². The lowest BCUT2D eigenvalue weighted by Gasteiger charge is -2.28. The highest BCUT2D eigenvalue weighted by Gasteiger charge is 2.55. The third-order valence-electron chi connectivity index (χ3n) is 1.66. The van der Waals surface area contributed by atoms with Gasteiger partial charge in [0.15, 0.2) is 0 Å². The van der Waals surface area contributed by atoms with E-state index in [1.165, 1.54) is 27.7 Å². The Morgan fingerprint density at radius 3 is 1.79 bits per heavy atom. The van der Waals surface area contributed by atoms with Crippen molar-refractivity contribution in [2.75, 3.05) is 13.2 Å². The largest absolute Gasteiger partial charge is 0.399 e. The van der Waals surface area contributed by atoms with E-state index in [4.69, 9.17) is 0 Å². The van der Waals surface area contributed by atoms with E-state index in [1.54, 1.807) is 0 Å². The molecule has 0 aromatic carbocycles. The van der Waals surface area contributed by atoms with Crippen LogP contribution in [0, 0.1) is 5.92 Å². The van der Waals surface area contributed by atoms with Crippen LogP contribution in [0.25, 0.3) is 0 Å². The molecule has 0 rings (SSSR count). The molecule has 6 heteroatoms. The smallest absolute Gasteiger partial charge is 0.305 e. The quantitative estimate of drug-likeness (QED) is 0.655. The number of halogens is 2. The van der Waals surface area contributed by atoms with E-state index in [0.717, 1.165) is 0 Å². The maximum absolute atomic E-state index is 13.5. The first-order valence-electron chi connectivity index (χ1n) is 4.58. The Balaban J connectivity index is 4.89. The molecule has 0 heterocycles. The van der Waals surface area contributed by atoms with Crippen LogP contribution >= 0.6 is 7.60 Å². The number of hydrogen-bond acceptors (Lipinski definition) is 3. The van der Waals surface area contributed by atoms with E-state index in [-0.39, 0.29) is 13.2 Å². The van der Waals surface area contributed by atoms with Crippen LogP contribution in [-0.2, 0) is 13.6 Å². The molecule has 0 saturated carbocycles. The van der Waals surface area contributed by atoms with Gasteiger partial charge in [-0.2, -0.15) is 8.78 Å². The summed E-state index contributed by atoms with van der Waals surface area (Å²) in [5, 5.41) is 0. The van der Waals surface area contributed by atoms with Crippen molar-refractivity contribution in [3.8, 4) is 0 Å². The highest BCUT2D eigenvalue weighted by atomic mass is 31.2. The molecule has 14 heavy (non-hydrogen) atoms. The van der Waals surface area contributed by atoms with Crippen LogP contribution in [0.3, 0.4) is 0 Å². The summed E-state index contributed by atoms with van der Waals surface area (Å²) in [6.07, 6.45) is 0. The molecule has 0 unspecified atom stereocenters. The SMILES string of the molecule is CCOP(=O)(OCC)C(F)(F)C(C)C. The third-order valence-corrected chi connectivity index (χ3v) is 4.10. The summed E-state index contributed by atoms with van der Waals surface area (Å²) in [5.74, 6) is -1.08. The molecule has 0 amide bonds. The molecule has 0 aliphatic heterocycles. The average molecular weight is 230 g/mol. The van der Waals surface area contributed by atoms with Gasteiger partial charge in [-0.05, 0) is 13.8 Å². The fourth-order valence-electron chi connectivity index (χ4n) is 0.866. The zero-order chi connectivity index (χ0) is 11.4. The lowest BCUT2D eigenvalue weighted by Crippen LogP contribution is -2.26. The van der Waals surface area contributed by atoms with E-state index in [1.807, 2.05) is 0 Å². The van der Waals surface area contributed by atoms with Crippen molar-refractivity contribution in [1.82, 2.24) is 0 Å². The Morgan fingerprint density at radius 1 is 1.21 bits per heavy atom. The summed E-state index contributed by atoms with van der Waals surface area (Å²) >= 11 is 0. The molecule has 0 aliphatic rings. The first-order chi connectivity index (χ1) is 6.31. The Hall–Kier alpha value is 0.01000. The molecular formula is C8H17F2O3P. The van der Waals surface area contributed by atoms with Gasteiger partial charge >= 0.3 is 13.3 Å². The average Bonchev–Trinajstić information content (AvgIpc) is 2.04. The van der Waals surface area contributed by atoms with Crippen LogP contribution in [0.5, 0.6) is 0 Å². The van der Waals surface area contributed by atoms with Crippen LogP contribution in [0.4, 0.5) is 8.78 Å². The maximum Gasteiger partial charge on any atom is 0.399 e. The predicted molar refractivity (Wildman–Crippen MR) is 50.6 cm³/mol. The molecular weight excluding hydrogens is 213 g/mol. The van der Waals surface area contributed by atoms with E-state index in [2.05, 4.69) is 9.05 Å². The number of hydrogen-bond donors (Lipinski definition) is 0. The van der Waals surface area contributed by atoms with Gasteiger partial charge in [-0.25, -0.2) is 0 Å². The zero-order valence-electron chi connectivity index (χ0n) is 8.92. The molecule has 0 N–H and O–H groups in total. The molecule has 3 nitrogen and oxygen atoms in total. The molecule has 0 saturated heterocycles. The van der Waals surface area contributed by atoms with Crippen molar-refractivity contribution in [2.24, 2.45) is 5.92 Å². The maximum atomic E-state index is 13.5. The standard InChI is InChI=1S/C8H17F2O3P/c1-5-12-14(11,13-6-2)8(9,10)7(3)4/h7H,5-6H2,1-4H3. The van der Waals surface area contributed by atoms with Crippen LogP contribution in [-0.4, -0.2) is 18.9 Å². The van der Waals surface area contributed by atoms with Gasteiger partial charge in [-0.1, -0.05) is 13.8 Å². The second kappa shape index (κ2) is 5.19. The van der Waals surface area contributed by atoms with E-state index >= 15 is 0 Å². The zero-order valence-corrected chi connectivity index (χ0v) is 9.81. The second-order valence-corrected chi connectivity index (χ2v) is 5.18. The van der Waals surface area contributed by atoms with Crippen molar-refractivity contribution in [2.45, 2.75) is 33.4 Å². The van der Waals surface area contributed by atoms with Crippen molar-refractivity contribution >= 4 is 7.60 Å². The van der Waals surface area contributed by atoms with Gasteiger partial charge in [0.1, 0.15) is 0 Å². The minimum absolute atomic E-state index is 0.0560. The van der Waals surface area contributed by atoms with E-state index < -0.39 is 19.2 Å². The fraction of sp³-hybridized carbons (Fsp3) is 1.00. The van der Waals surface area contributed by atoms with Crippen molar-refractivity contribution in [3.63, 3.8) is 0 Å². The number of alkyl halides is 2. The highest BCUT2D eigenvalue weighted by molar-refractivity contribution is 7.55. The third kappa shape index (κ3) is 2.75. The molecule has 0 atom stereocenters. The second-order valence-electron chi connectivity index (χ2n) is 3.08. The highest BCUT2D eigenvalue weighted by Crippen LogP contribution is 2.64. The Kier molecular flexibility index (Phi) is 5.20. The van der Waals surface area contributed by atoms with Crippen molar-refractivity contribution in [3.05, 3.63) is 0 Å². The van der Waals surface area contributed by atoms with Crippen molar-refractivity contribution in [1.29, 1.82) is 0 Å². The van der Waals surface area contributed by atoms with Gasteiger partial charge in [0, 0.05) is 5.92 Å². The molecule has 0 radical (unpaired) electrons. The van der Waals surface area contributed by atoms with Crippen LogP contribution < -0.4 is 0 Å². The molecule has 0 aromatic heterocycles. The van der Waals surface area contributed by atoms with E-state index in [9.17, 15) is 13.3 Å². The summed E-state index contributed by atoms with van der Waals surface area (Å²) in [4.78, 5) is 0. The van der Waals surface area contributed by atoms with Crippen LogP contribution in [0.2, 0.25) is 0 Å². The minimum Gasteiger partial charge on any atom is -0.305 e. The predicted octanol–water partition coefficient (Wildman–Crippen LogP) is 3.50. The Labute approximate surface area is 83.3 Å². The first kappa shape index (κ1) is 14.0. The van der Waals surface area contributed by atoms with Gasteiger partial charge in [-0.3, -0.25) is 4.57 Å². The molecule has 86 valence electrons. The molecule has 0 aromatic rings.